The van der Waals surface area contributed by atoms with Gasteiger partial charge in [0, 0.05) is 13.1 Å². The van der Waals surface area contributed by atoms with Crippen LogP contribution in [0.1, 0.15) is 19.4 Å². The van der Waals surface area contributed by atoms with E-state index in [1.54, 1.807) is 0 Å². The maximum atomic E-state index is 12.8. The normalized spacial score (nSPS) is 24.5. The van der Waals surface area contributed by atoms with Gasteiger partial charge in [-0.05, 0) is 19.9 Å². The number of hydrogen-bond acceptors (Lipinski definition) is 3. The van der Waals surface area contributed by atoms with Crippen LogP contribution in [0.2, 0.25) is 5.02 Å². The molecule has 0 aliphatic carbocycles. The number of pyridine rings is 1. The number of carbonyl (C=O) groups is 1. The van der Waals surface area contributed by atoms with Crippen LogP contribution in [0, 0.1) is 0 Å². The highest BCUT2D eigenvalue weighted by atomic mass is 35.5. The number of H-pyrrole nitrogens is 1. The van der Waals surface area contributed by atoms with Crippen LogP contribution in [0.5, 0.6) is 0 Å². The Kier molecular flexibility index (Phi) is 6.36. The number of nitrogens with zero attached hydrogens (tertiary/aromatic N) is 2. The van der Waals surface area contributed by atoms with Crippen molar-refractivity contribution < 1.29 is 32.6 Å². The van der Waals surface area contributed by atoms with E-state index in [0.29, 0.717) is 51.6 Å². The Morgan fingerprint density at radius 1 is 1.29 bits per heavy atom. The van der Waals surface area contributed by atoms with Gasteiger partial charge in [0.05, 0.1) is 17.8 Å². The maximum Gasteiger partial charge on any atom is 0.419 e. The topological polar surface area (TPSA) is 51.4 Å². The molecule has 2 aliphatic rings. The van der Waals surface area contributed by atoms with Gasteiger partial charge in [0.25, 0.3) is 11.7 Å². The van der Waals surface area contributed by atoms with Crippen LogP contribution in [0.3, 0.4) is 0 Å². The molecule has 1 amide bonds. The summed E-state index contributed by atoms with van der Waals surface area (Å²) in [6.45, 7) is 8.21. The average molecular weight is 423 g/mol. The SMILES string of the molecule is C[C@H]1CN(C(=O)C[NH+]2CCN(c3[nH+]cc(C(F)(F)F)cc3Cl)CC2)C[C@H](C)O1. The Bertz CT molecular complexity index is 701. The molecular formula is C18H26ClF3N4O2+2. The second-order valence-corrected chi connectivity index (χ2v) is 7.96. The van der Waals surface area contributed by atoms with E-state index in [1.165, 1.54) is 0 Å². The van der Waals surface area contributed by atoms with Crippen molar-refractivity contribution in [3.63, 3.8) is 0 Å². The third-order valence-electron chi connectivity index (χ3n) is 5.16. The fraction of sp³-hybridized carbons (Fsp3) is 0.667. The van der Waals surface area contributed by atoms with E-state index in [-0.39, 0.29) is 23.1 Å². The lowest BCUT2D eigenvalue weighted by molar-refractivity contribution is -0.892. The number of morpholine rings is 1. The number of ether oxygens (including phenoxy) is 1. The summed E-state index contributed by atoms with van der Waals surface area (Å²) in [6.07, 6.45) is -3.42. The van der Waals surface area contributed by atoms with E-state index in [1.807, 2.05) is 23.6 Å². The fourth-order valence-corrected chi connectivity index (χ4v) is 4.09. The first kappa shape index (κ1) is 21.1. The number of amides is 1. The summed E-state index contributed by atoms with van der Waals surface area (Å²) >= 11 is 6.07. The number of quaternary nitrogens is 1. The van der Waals surface area contributed by atoms with E-state index in [2.05, 4.69) is 4.98 Å². The molecule has 1 aromatic heterocycles. The predicted octanol–water partition coefficient (Wildman–Crippen LogP) is 0.514. The Morgan fingerprint density at radius 2 is 1.89 bits per heavy atom. The van der Waals surface area contributed by atoms with E-state index in [9.17, 15) is 18.0 Å². The molecule has 28 heavy (non-hydrogen) atoms. The summed E-state index contributed by atoms with van der Waals surface area (Å²) < 4.78 is 44.0. The Balaban J connectivity index is 1.54. The lowest BCUT2D eigenvalue weighted by Gasteiger charge is -2.36. The molecule has 2 N–H and O–H groups in total. The van der Waals surface area contributed by atoms with Gasteiger partial charge >= 0.3 is 6.18 Å². The number of carbonyl (C=O) groups excluding carboxylic acids is 1. The largest absolute Gasteiger partial charge is 0.419 e. The van der Waals surface area contributed by atoms with Crippen LogP contribution < -0.4 is 14.8 Å². The van der Waals surface area contributed by atoms with Crippen LogP contribution in [-0.4, -0.2) is 68.8 Å². The number of aromatic nitrogens is 1. The molecular weight excluding hydrogens is 397 g/mol. The minimum atomic E-state index is -4.43. The van der Waals surface area contributed by atoms with E-state index < -0.39 is 11.7 Å². The van der Waals surface area contributed by atoms with Crippen molar-refractivity contribution in [2.45, 2.75) is 32.2 Å². The van der Waals surface area contributed by atoms with Gasteiger partial charge in [-0.2, -0.15) is 13.2 Å². The van der Waals surface area contributed by atoms with Crippen LogP contribution in [0.15, 0.2) is 12.3 Å². The Hall–Kier alpha value is -1.58. The maximum absolute atomic E-state index is 12.8. The molecule has 0 spiro atoms. The van der Waals surface area contributed by atoms with Gasteiger partial charge in [-0.25, -0.2) is 9.88 Å². The lowest BCUT2D eigenvalue weighted by Crippen LogP contribution is -3.16. The predicted molar refractivity (Wildman–Crippen MR) is 97.4 cm³/mol. The number of nitrogens with one attached hydrogen (secondary N) is 2. The molecule has 0 saturated carbocycles. The highest BCUT2D eigenvalue weighted by Crippen LogP contribution is 2.32. The van der Waals surface area contributed by atoms with Gasteiger partial charge in [0.15, 0.2) is 6.54 Å². The molecule has 0 radical (unpaired) electrons. The van der Waals surface area contributed by atoms with Crippen molar-refractivity contribution in [1.82, 2.24) is 4.90 Å². The third-order valence-corrected chi connectivity index (χ3v) is 5.45. The summed E-state index contributed by atoms with van der Waals surface area (Å²) in [4.78, 5) is 20.2. The minimum absolute atomic E-state index is 0.0388. The molecule has 10 heteroatoms. The van der Waals surface area contributed by atoms with Crippen LogP contribution >= 0.6 is 11.6 Å². The van der Waals surface area contributed by atoms with Crippen molar-refractivity contribution in [2.24, 2.45) is 0 Å². The van der Waals surface area contributed by atoms with Crippen LogP contribution in [-0.2, 0) is 15.7 Å². The second-order valence-electron chi connectivity index (χ2n) is 7.55. The van der Waals surface area contributed by atoms with E-state index in [4.69, 9.17) is 16.3 Å². The van der Waals surface area contributed by atoms with Gasteiger partial charge in [-0.3, -0.25) is 4.79 Å². The molecule has 0 bridgehead atoms. The number of aromatic amines is 1. The summed E-state index contributed by atoms with van der Waals surface area (Å²) in [7, 11) is 0. The molecule has 2 atom stereocenters. The van der Waals surface area contributed by atoms with Gasteiger partial charge in [0.1, 0.15) is 37.4 Å². The molecule has 2 aliphatic heterocycles. The van der Waals surface area contributed by atoms with Gasteiger partial charge in [-0.15, -0.1) is 0 Å². The number of alkyl halides is 3. The molecule has 3 heterocycles. The van der Waals surface area contributed by atoms with Gasteiger partial charge in [0.2, 0.25) is 0 Å². The molecule has 1 aromatic rings. The third kappa shape index (κ3) is 5.07. The van der Waals surface area contributed by atoms with Crippen molar-refractivity contribution in [3.8, 4) is 0 Å². The molecule has 2 saturated heterocycles. The van der Waals surface area contributed by atoms with Crippen molar-refractivity contribution in [3.05, 3.63) is 22.8 Å². The zero-order valence-electron chi connectivity index (χ0n) is 16.0. The molecule has 156 valence electrons. The van der Waals surface area contributed by atoms with Gasteiger partial charge < -0.3 is 14.5 Å². The highest BCUT2D eigenvalue weighted by molar-refractivity contribution is 6.32. The summed E-state index contributed by atoms with van der Waals surface area (Å²) in [5.41, 5.74) is -0.801. The average Bonchev–Trinajstić information content (AvgIpc) is 2.61. The van der Waals surface area contributed by atoms with E-state index >= 15 is 0 Å². The quantitative estimate of drug-likeness (QED) is 0.772. The number of rotatable bonds is 3. The van der Waals surface area contributed by atoms with Crippen molar-refractivity contribution in [2.75, 3.05) is 50.7 Å². The molecule has 2 fully saturated rings. The zero-order chi connectivity index (χ0) is 20.5. The second kappa shape index (κ2) is 8.42. The lowest BCUT2D eigenvalue weighted by atomic mass is 10.2. The first-order chi connectivity index (χ1) is 13.1. The van der Waals surface area contributed by atoms with Crippen molar-refractivity contribution >= 4 is 23.3 Å². The summed E-state index contributed by atoms with van der Waals surface area (Å²) in [5, 5.41) is 0.0469. The monoisotopic (exact) mass is 422 g/mol. The number of halogens is 4. The van der Waals surface area contributed by atoms with Crippen LogP contribution in [0.25, 0.3) is 0 Å². The molecule has 0 unspecified atom stereocenters. The van der Waals surface area contributed by atoms with E-state index in [0.717, 1.165) is 17.2 Å². The smallest absolute Gasteiger partial charge is 0.372 e. The minimum Gasteiger partial charge on any atom is -0.372 e. The number of piperazine rings is 1. The highest BCUT2D eigenvalue weighted by Gasteiger charge is 2.35. The standard InChI is InChI=1S/C18H24ClF3N4O2/c1-12-9-26(10-13(2)28-12)16(27)11-24-3-5-25(6-4-24)17-15(19)7-14(8-23-17)18(20,21)22/h7-8,12-13H,3-6,9-11H2,1-2H3/p+2/t12-,13-/m0/s1. The Labute approximate surface area is 167 Å². The summed E-state index contributed by atoms with van der Waals surface area (Å²) in [5.74, 6) is 0.598. The summed E-state index contributed by atoms with van der Waals surface area (Å²) in [6, 6.07) is 0.941. The number of anilines is 1. The van der Waals surface area contributed by atoms with Crippen molar-refractivity contribution in [1.29, 1.82) is 0 Å². The zero-order valence-corrected chi connectivity index (χ0v) is 16.7. The molecule has 3 rings (SSSR count). The molecule has 6 nitrogen and oxygen atoms in total. The fourth-order valence-electron chi connectivity index (χ4n) is 3.80. The molecule has 0 aromatic carbocycles. The number of hydrogen-bond donors (Lipinski definition) is 1. The Morgan fingerprint density at radius 3 is 2.43 bits per heavy atom. The first-order valence-corrected chi connectivity index (χ1v) is 9.81. The first-order valence-electron chi connectivity index (χ1n) is 9.43. The van der Waals surface area contributed by atoms with Crippen LogP contribution in [0.4, 0.5) is 19.0 Å². The van der Waals surface area contributed by atoms with Gasteiger partial charge in [-0.1, -0.05) is 11.6 Å².